The maximum Gasteiger partial charge on any atom is 0.306 e. The molecule has 0 rings (SSSR count). The summed E-state index contributed by atoms with van der Waals surface area (Å²) in [5, 5.41) is 0. The molecule has 0 saturated heterocycles. The molecule has 0 aromatic carbocycles. The lowest BCUT2D eigenvalue weighted by Gasteiger charge is -2.18. The lowest BCUT2D eigenvalue weighted by molar-refractivity contribution is -0.166. The molecule has 0 saturated carbocycles. The Hall–Kier alpha value is -4.45. The van der Waals surface area contributed by atoms with Crippen molar-refractivity contribution in [2.24, 2.45) is 0 Å². The quantitative estimate of drug-likeness (QED) is 0.0261. The molecule has 0 amide bonds. The molecule has 0 fully saturated rings. The molecule has 0 N–H and O–H groups in total. The first-order chi connectivity index (χ1) is 37.0. The molecule has 0 radical (unpaired) electrons. The standard InChI is InChI=1S/C69H112O6/c1-4-7-10-13-16-19-22-25-27-28-29-30-31-32-33-34-35-36-37-38-39-40-42-44-47-50-53-56-59-62-68(71)74-65-66(64-73-67(70)61-58-55-52-49-46-43-24-21-18-15-12-9-6-3)75-69(72)63-60-57-54-51-48-45-41-26-23-20-17-14-11-8-5-2/h7,9-10,12,16,18-19,21,25-27,29-30,32-33,35-36,41,43,46,52,55,66H,4-6,8,11,13-15,17,20,22-24,28,31,34,37-40,42,44-45,47-51,53-54,56-65H2,1-3H3/b10-7-,12-9-,19-16-,21-18-,27-25-,30-29-,33-32-,36-35-,41-26-,46-43-,55-52-. The fraction of sp³-hybridized carbons (Fsp3) is 0.638. The maximum atomic E-state index is 12.9. The van der Waals surface area contributed by atoms with Crippen molar-refractivity contribution < 1.29 is 28.6 Å². The lowest BCUT2D eigenvalue weighted by Crippen LogP contribution is -2.30. The van der Waals surface area contributed by atoms with Crippen molar-refractivity contribution >= 4 is 17.9 Å². The third-order valence-corrected chi connectivity index (χ3v) is 12.6. The van der Waals surface area contributed by atoms with Gasteiger partial charge in [-0.2, -0.15) is 0 Å². The van der Waals surface area contributed by atoms with Gasteiger partial charge in [-0.25, -0.2) is 0 Å². The van der Waals surface area contributed by atoms with Gasteiger partial charge in [0.15, 0.2) is 6.10 Å². The number of carbonyl (C=O) groups is 3. The van der Waals surface area contributed by atoms with E-state index in [2.05, 4.69) is 148 Å². The van der Waals surface area contributed by atoms with E-state index in [1.54, 1.807) is 0 Å². The Balaban J connectivity index is 4.34. The van der Waals surface area contributed by atoms with Crippen LogP contribution in [0.3, 0.4) is 0 Å². The molecule has 0 aliphatic rings. The van der Waals surface area contributed by atoms with Crippen LogP contribution in [0.4, 0.5) is 0 Å². The van der Waals surface area contributed by atoms with Crippen LogP contribution in [0, 0.1) is 0 Å². The van der Waals surface area contributed by atoms with Gasteiger partial charge < -0.3 is 14.2 Å². The highest BCUT2D eigenvalue weighted by Gasteiger charge is 2.19. The average Bonchev–Trinajstić information content (AvgIpc) is 3.41. The molecule has 6 heteroatoms. The van der Waals surface area contributed by atoms with Gasteiger partial charge in [-0.3, -0.25) is 14.4 Å². The van der Waals surface area contributed by atoms with E-state index in [4.69, 9.17) is 14.2 Å². The van der Waals surface area contributed by atoms with Crippen molar-refractivity contribution in [3.8, 4) is 0 Å². The molecule has 6 nitrogen and oxygen atoms in total. The van der Waals surface area contributed by atoms with Crippen LogP contribution in [-0.4, -0.2) is 37.2 Å². The van der Waals surface area contributed by atoms with Gasteiger partial charge in [-0.1, -0.05) is 257 Å². The first kappa shape index (κ1) is 70.5. The van der Waals surface area contributed by atoms with Gasteiger partial charge in [0.25, 0.3) is 0 Å². The zero-order valence-corrected chi connectivity index (χ0v) is 48.5. The van der Waals surface area contributed by atoms with E-state index in [0.29, 0.717) is 19.3 Å². The van der Waals surface area contributed by atoms with Crippen LogP contribution in [0.2, 0.25) is 0 Å². The normalized spacial score (nSPS) is 13.1. The number of hydrogen-bond donors (Lipinski definition) is 0. The fourth-order valence-corrected chi connectivity index (χ4v) is 8.10. The summed E-state index contributed by atoms with van der Waals surface area (Å²) >= 11 is 0. The van der Waals surface area contributed by atoms with Gasteiger partial charge in [0, 0.05) is 19.3 Å². The second kappa shape index (κ2) is 62.1. The van der Waals surface area contributed by atoms with E-state index < -0.39 is 6.10 Å². The number of rotatable bonds is 54. The van der Waals surface area contributed by atoms with E-state index >= 15 is 0 Å². The summed E-state index contributed by atoms with van der Waals surface area (Å²) in [6, 6.07) is 0. The number of esters is 3. The Bertz CT molecular complexity index is 1620. The summed E-state index contributed by atoms with van der Waals surface area (Å²) in [7, 11) is 0. The van der Waals surface area contributed by atoms with Crippen molar-refractivity contribution in [2.75, 3.05) is 13.2 Å². The Labute approximate surface area is 462 Å². The number of hydrogen-bond acceptors (Lipinski definition) is 6. The summed E-state index contributed by atoms with van der Waals surface area (Å²) in [6.45, 7) is 6.33. The molecule has 0 bridgehead atoms. The number of unbranched alkanes of at least 4 members (excludes halogenated alkanes) is 21. The van der Waals surface area contributed by atoms with Gasteiger partial charge in [0.05, 0.1) is 0 Å². The lowest BCUT2D eigenvalue weighted by atomic mass is 10.1. The molecule has 1 unspecified atom stereocenters. The van der Waals surface area contributed by atoms with Crippen LogP contribution in [0.5, 0.6) is 0 Å². The van der Waals surface area contributed by atoms with Gasteiger partial charge in [-0.05, 0) is 122 Å². The first-order valence-electron chi connectivity index (χ1n) is 30.7. The number of allylic oxidation sites excluding steroid dienone is 22. The molecule has 424 valence electrons. The van der Waals surface area contributed by atoms with E-state index in [1.165, 1.54) is 96.3 Å². The molecule has 0 aromatic heterocycles. The van der Waals surface area contributed by atoms with Crippen molar-refractivity contribution in [2.45, 2.75) is 271 Å². The topological polar surface area (TPSA) is 78.9 Å². The van der Waals surface area contributed by atoms with Crippen LogP contribution < -0.4 is 0 Å². The van der Waals surface area contributed by atoms with Gasteiger partial charge in [0.2, 0.25) is 0 Å². The minimum Gasteiger partial charge on any atom is -0.462 e. The van der Waals surface area contributed by atoms with E-state index in [9.17, 15) is 14.4 Å². The van der Waals surface area contributed by atoms with Gasteiger partial charge in [0.1, 0.15) is 13.2 Å². The van der Waals surface area contributed by atoms with Crippen LogP contribution in [-0.2, 0) is 28.6 Å². The highest BCUT2D eigenvalue weighted by Crippen LogP contribution is 2.15. The highest BCUT2D eigenvalue weighted by molar-refractivity contribution is 5.71. The molecule has 0 heterocycles. The smallest absolute Gasteiger partial charge is 0.306 e. The van der Waals surface area contributed by atoms with Crippen molar-refractivity contribution in [3.63, 3.8) is 0 Å². The minimum atomic E-state index is -0.817. The van der Waals surface area contributed by atoms with E-state index in [1.807, 2.05) is 6.08 Å². The Morgan fingerprint density at radius 2 is 0.547 bits per heavy atom. The number of carbonyl (C=O) groups excluding carboxylic acids is 3. The van der Waals surface area contributed by atoms with Crippen molar-refractivity contribution in [3.05, 3.63) is 134 Å². The Kier molecular flexibility index (Phi) is 58.4. The third kappa shape index (κ3) is 60.3. The molecule has 0 aliphatic carbocycles. The first-order valence-corrected chi connectivity index (χ1v) is 30.7. The maximum absolute atomic E-state index is 12.9. The van der Waals surface area contributed by atoms with Crippen LogP contribution in [0.25, 0.3) is 0 Å². The summed E-state index contributed by atoms with van der Waals surface area (Å²) in [4.78, 5) is 38.2. The van der Waals surface area contributed by atoms with Crippen LogP contribution in [0.1, 0.15) is 265 Å². The van der Waals surface area contributed by atoms with Crippen molar-refractivity contribution in [1.82, 2.24) is 0 Å². The summed E-state index contributed by atoms with van der Waals surface area (Å²) in [6.07, 6.45) is 87.6. The monoisotopic (exact) mass is 1040 g/mol. The molecule has 0 aromatic rings. The molecule has 0 aliphatic heterocycles. The molecule has 75 heavy (non-hydrogen) atoms. The van der Waals surface area contributed by atoms with Gasteiger partial charge in [-0.15, -0.1) is 0 Å². The second-order valence-electron chi connectivity index (χ2n) is 19.8. The molecular weight excluding hydrogens is 925 g/mol. The average molecular weight is 1040 g/mol. The Morgan fingerprint density at radius 1 is 0.280 bits per heavy atom. The molecule has 1 atom stereocenters. The van der Waals surface area contributed by atoms with Crippen LogP contribution in [0.15, 0.2) is 134 Å². The minimum absolute atomic E-state index is 0.109. The highest BCUT2D eigenvalue weighted by atomic mass is 16.6. The third-order valence-electron chi connectivity index (χ3n) is 12.6. The van der Waals surface area contributed by atoms with Crippen molar-refractivity contribution in [1.29, 1.82) is 0 Å². The predicted molar refractivity (Wildman–Crippen MR) is 325 cm³/mol. The fourth-order valence-electron chi connectivity index (χ4n) is 8.10. The van der Waals surface area contributed by atoms with Gasteiger partial charge >= 0.3 is 17.9 Å². The SMILES string of the molecule is CC/C=C\C/C=C\C/C=C\C/C=C\C/C=C\C/C=C\CCCCCCCCCCCCC(=O)OCC(COC(=O)CC/C=C\C/C=C\C/C=C\C/C=C\CC)OC(=O)CCCCCCC/C=C\CCCCCCCC. The molecule has 0 spiro atoms. The zero-order valence-electron chi connectivity index (χ0n) is 48.5. The number of ether oxygens (including phenoxy) is 3. The zero-order chi connectivity index (χ0) is 54.3. The van der Waals surface area contributed by atoms with Crippen LogP contribution >= 0.6 is 0 Å². The largest absolute Gasteiger partial charge is 0.462 e. The Morgan fingerprint density at radius 3 is 0.907 bits per heavy atom. The summed E-state index contributed by atoms with van der Waals surface area (Å²) in [5.74, 6) is -1.01. The second-order valence-corrected chi connectivity index (χ2v) is 19.8. The summed E-state index contributed by atoms with van der Waals surface area (Å²) < 4.78 is 16.8. The predicted octanol–water partition coefficient (Wildman–Crippen LogP) is 21.0. The molecular formula is C69H112O6. The van der Waals surface area contributed by atoms with E-state index in [-0.39, 0.29) is 37.5 Å². The van der Waals surface area contributed by atoms with E-state index in [0.717, 1.165) is 122 Å². The summed E-state index contributed by atoms with van der Waals surface area (Å²) in [5.41, 5.74) is 0.